The normalized spacial score (nSPS) is 15.8. The van der Waals surface area contributed by atoms with E-state index in [2.05, 4.69) is 34.2 Å². The Kier molecular flexibility index (Phi) is 4.20. The van der Waals surface area contributed by atoms with Gasteiger partial charge in [-0.3, -0.25) is 0 Å². The average molecular weight is 324 g/mol. The molecule has 1 aliphatic heterocycles. The summed E-state index contributed by atoms with van der Waals surface area (Å²) in [5.41, 5.74) is 3.04. The Labute approximate surface area is 140 Å². The number of aromatic nitrogens is 3. The van der Waals surface area contributed by atoms with Gasteiger partial charge in [0.2, 0.25) is 0 Å². The number of thioether (sulfide) groups is 1. The maximum Gasteiger partial charge on any atom is 0.154 e. The van der Waals surface area contributed by atoms with Crippen LogP contribution in [-0.2, 0) is 0 Å². The lowest BCUT2D eigenvalue weighted by atomic mass is 10.0. The first-order valence-corrected chi connectivity index (χ1v) is 9.27. The molecule has 4 rings (SSSR count). The summed E-state index contributed by atoms with van der Waals surface area (Å²) in [4.78, 5) is 4.46. The van der Waals surface area contributed by atoms with Crippen LogP contribution in [0.4, 0.5) is 5.82 Å². The van der Waals surface area contributed by atoms with Crippen LogP contribution in [0.1, 0.15) is 12.8 Å². The third-order valence-electron chi connectivity index (χ3n) is 4.34. The summed E-state index contributed by atoms with van der Waals surface area (Å²) in [6, 6.07) is 14.3. The Bertz CT molecular complexity index is 778. The van der Waals surface area contributed by atoms with Crippen LogP contribution in [0.2, 0.25) is 0 Å². The molecule has 3 aromatic rings. The molecule has 0 radical (unpaired) electrons. The molecule has 5 heteroatoms. The van der Waals surface area contributed by atoms with Crippen molar-refractivity contribution in [2.24, 2.45) is 5.92 Å². The molecular formula is C18H20N4S. The molecule has 3 heterocycles. The Balaban J connectivity index is 1.57. The Hall–Kier alpha value is -2.01. The van der Waals surface area contributed by atoms with Gasteiger partial charge >= 0.3 is 0 Å². The van der Waals surface area contributed by atoms with E-state index in [9.17, 15) is 0 Å². The molecule has 1 aromatic carbocycles. The van der Waals surface area contributed by atoms with E-state index in [-0.39, 0.29) is 0 Å². The number of rotatable bonds is 4. The van der Waals surface area contributed by atoms with Crippen LogP contribution in [0.15, 0.2) is 48.7 Å². The van der Waals surface area contributed by atoms with E-state index >= 15 is 0 Å². The monoisotopic (exact) mass is 324 g/mol. The molecule has 0 aliphatic carbocycles. The van der Waals surface area contributed by atoms with Crippen LogP contribution < -0.4 is 5.32 Å². The van der Waals surface area contributed by atoms with Crippen molar-refractivity contribution in [3.05, 3.63) is 48.7 Å². The number of fused-ring (bicyclic) bond motifs is 1. The molecule has 4 nitrogen and oxygen atoms in total. The lowest BCUT2D eigenvalue weighted by Gasteiger charge is -2.21. The van der Waals surface area contributed by atoms with E-state index in [0.29, 0.717) is 0 Å². The van der Waals surface area contributed by atoms with Gasteiger partial charge in [-0.2, -0.15) is 11.8 Å². The van der Waals surface area contributed by atoms with Crippen molar-refractivity contribution in [3.63, 3.8) is 0 Å². The molecule has 1 N–H and O–H groups in total. The number of imidazole rings is 1. The SMILES string of the molecule is c1ccc(-c2cnc3ccc(NCC4CCSCC4)nn23)cc1. The zero-order valence-electron chi connectivity index (χ0n) is 13.0. The largest absolute Gasteiger partial charge is 0.368 e. The van der Waals surface area contributed by atoms with E-state index in [1.807, 2.05) is 41.0 Å². The second-order valence-corrected chi connectivity index (χ2v) is 7.16. The van der Waals surface area contributed by atoms with Crippen molar-refractivity contribution < 1.29 is 0 Å². The molecule has 2 aromatic heterocycles. The minimum Gasteiger partial charge on any atom is -0.368 e. The minimum absolute atomic E-state index is 0.769. The fourth-order valence-electron chi connectivity index (χ4n) is 2.97. The summed E-state index contributed by atoms with van der Waals surface area (Å²) >= 11 is 2.07. The van der Waals surface area contributed by atoms with E-state index < -0.39 is 0 Å². The van der Waals surface area contributed by atoms with Gasteiger partial charge in [0.1, 0.15) is 5.82 Å². The van der Waals surface area contributed by atoms with Crippen LogP contribution in [0.25, 0.3) is 16.9 Å². The fourth-order valence-corrected chi connectivity index (χ4v) is 4.18. The van der Waals surface area contributed by atoms with Gasteiger partial charge in [-0.1, -0.05) is 30.3 Å². The molecule has 23 heavy (non-hydrogen) atoms. The standard InChI is InChI=1S/C18H20N4S/c1-2-4-15(5-3-1)16-13-20-18-7-6-17(21-22(16)18)19-12-14-8-10-23-11-9-14/h1-7,13-14H,8-12H2,(H,19,21). The number of hydrogen-bond donors (Lipinski definition) is 1. The molecular weight excluding hydrogens is 304 g/mol. The summed E-state index contributed by atoms with van der Waals surface area (Å²) in [7, 11) is 0. The van der Waals surface area contributed by atoms with E-state index in [1.165, 1.54) is 24.3 Å². The Morgan fingerprint density at radius 1 is 1.09 bits per heavy atom. The zero-order chi connectivity index (χ0) is 15.5. The van der Waals surface area contributed by atoms with Gasteiger partial charge in [-0.15, -0.1) is 5.10 Å². The van der Waals surface area contributed by atoms with Crippen molar-refractivity contribution in [2.75, 3.05) is 23.4 Å². The quantitative estimate of drug-likeness (QED) is 0.789. The predicted octanol–water partition coefficient (Wildman–Crippen LogP) is 3.95. The van der Waals surface area contributed by atoms with E-state index in [4.69, 9.17) is 5.10 Å². The average Bonchev–Trinajstić information content (AvgIpc) is 3.05. The fraction of sp³-hybridized carbons (Fsp3) is 0.333. The van der Waals surface area contributed by atoms with Crippen molar-refractivity contribution in [1.82, 2.24) is 14.6 Å². The maximum atomic E-state index is 4.73. The van der Waals surface area contributed by atoms with Crippen LogP contribution in [0, 0.1) is 5.92 Å². The molecule has 0 amide bonds. The number of benzene rings is 1. The van der Waals surface area contributed by atoms with Gasteiger partial charge in [0, 0.05) is 12.1 Å². The third-order valence-corrected chi connectivity index (χ3v) is 5.39. The van der Waals surface area contributed by atoms with Gasteiger partial charge in [0.05, 0.1) is 11.9 Å². The van der Waals surface area contributed by atoms with Crippen LogP contribution >= 0.6 is 11.8 Å². The van der Waals surface area contributed by atoms with Gasteiger partial charge < -0.3 is 5.32 Å². The molecule has 0 saturated carbocycles. The van der Waals surface area contributed by atoms with Crippen molar-refractivity contribution in [3.8, 4) is 11.3 Å². The zero-order valence-corrected chi connectivity index (χ0v) is 13.8. The van der Waals surface area contributed by atoms with E-state index in [0.717, 1.165) is 35.2 Å². The topological polar surface area (TPSA) is 42.2 Å². The molecule has 0 bridgehead atoms. The highest BCUT2D eigenvalue weighted by Crippen LogP contribution is 2.23. The van der Waals surface area contributed by atoms with Crippen LogP contribution in [-0.4, -0.2) is 32.6 Å². The second kappa shape index (κ2) is 6.62. The Morgan fingerprint density at radius 3 is 2.74 bits per heavy atom. The van der Waals surface area contributed by atoms with Crippen molar-refractivity contribution >= 4 is 23.2 Å². The van der Waals surface area contributed by atoms with Crippen LogP contribution in [0.3, 0.4) is 0 Å². The van der Waals surface area contributed by atoms with Crippen molar-refractivity contribution in [1.29, 1.82) is 0 Å². The smallest absolute Gasteiger partial charge is 0.154 e. The lowest BCUT2D eigenvalue weighted by molar-refractivity contribution is 0.515. The number of nitrogens with one attached hydrogen (secondary N) is 1. The number of anilines is 1. The van der Waals surface area contributed by atoms with Crippen LogP contribution in [0.5, 0.6) is 0 Å². The van der Waals surface area contributed by atoms with Gasteiger partial charge in [-0.05, 0) is 42.4 Å². The number of hydrogen-bond acceptors (Lipinski definition) is 4. The minimum atomic E-state index is 0.769. The van der Waals surface area contributed by atoms with Crippen molar-refractivity contribution in [2.45, 2.75) is 12.8 Å². The first kappa shape index (κ1) is 14.6. The van der Waals surface area contributed by atoms with Gasteiger partial charge in [-0.25, -0.2) is 9.50 Å². The van der Waals surface area contributed by atoms with E-state index in [1.54, 1.807) is 0 Å². The molecule has 0 spiro atoms. The highest BCUT2D eigenvalue weighted by Gasteiger charge is 2.14. The molecule has 0 unspecified atom stereocenters. The summed E-state index contributed by atoms with van der Waals surface area (Å²) in [5.74, 6) is 4.27. The Morgan fingerprint density at radius 2 is 1.91 bits per heavy atom. The first-order chi connectivity index (χ1) is 11.4. The second-order valence-electron chi connectivity index (χ2n) is 5.93. The lowest BCUT2D eigenvalue weighted by Crippen LogP contribution is -2.19. The summed E-state index contributed by atoms with van der Waals surface area (Å²) < 4.78 is 1.92. The van der Waals surface area contributed by atoms with Gasteiger partial charge in [0.15, 0.2) is 5.65 Å². The molecule has 1 saturated heterocycles. The predicted molar refractivity (Wildman–Crippen MR) is 97.0 cm³/mol. The maximum absolute atomic E-state index is 4.73. The summed E-state index contributed by atoms with van der Waals surface area (Å²) in [5, 5.41) is 8.24. The first-order valence-electron chi connectivity index (χ1n) is 8.12. The summed E-state index contributed by atoms with van der Waals surface area (Å²) in [6.45, 7) is 1.01. The molecule has 0 atom stereocenters. The molecule has 1 aliphatic rings. The molecule has 1 fully saturated rings. The number of nitrogens with zero attached hydrogens (tertiary/aromatic N) is 3. The van der Waals surface area contributed by atoms with Gasteiger partial charge in [0.25, 0.3) is 0 Å². The highest BCUT2D eigenvalue weighted by molar-refractivity contribution is 7.99. The third kappa shape index (κ3) is 3.20. The summed E-state index contributed by atoms with van der Waals surface area (Å²) in [6.07, 6.45) is 4.50. The highest BCUT2D eigenvalue weighted by atomic mass is 32.2. The molecule has 118 valence electrons.